The van der Waals surface area contributed by atoms with Gasteiger partial charge >= 0.3 is 0 Å². The van der Waals surface area contributed by atoms with Gasteiger partial charge in [-0.15, -0.1) is 11.3 Å². The Labute approximate surface area is 149 Å². The average Bonchev–Trinajstić information content (AvgIpc) is 3.21. The van der Waals surface area contributed by atoms with Crippen LogP contribution in [0.4, 0.5) is 0 Å². The summed E-state index contributed by atoms with van der Waals surface area (Å²) >= 11 is 6.85. The first-order chi connectivity index (χ1) is 11.6. The highest BCUT2D eigenvalue weighted by Gasteiger charge is 2.08. The van der Waals surface area contributed by atoms with Crippen LogP contribution in [0.2, 0.25) is 0 Å². The zero-order valence-electron chi connectivity index (χ0n) is 13.5. The summed E-state index contributed by atoms with van der Waals surface area (Å²) in [6, 6.07) is 11.8. The lowest BCUT2D eigenvalue weighted by Gasteiger charge is -2.08. The summed E-state index contributed by atoms with van der Waals surface area (Å²) in [7, 11) is 0. The summed E-state index contributed by atoms with van der Waals surface area (Å²) in [6.45, 7) is 4.96. The van der Waals surface area contributed by atoms with E-state index < -0.39 is 0 Å². The molecule has 0 fully saturated rings. The second-order valence-corrected chi connectivity index (χ2v) is 6.99. The molecule has 0 radical (unpaired) electrons. The van der Waals surface area contributed by atoms with Crippen molar-refractivity contribution >= 4 is 29.8 Å². The summed E-state index contributed by atoms with van der Waals surface area (Å²) in [5, 5.41) is 13.5. The highest BCUT2D eigenvalue weighted by Crippen LogP contribution is 2.22. The monoisotopic (exact) mass is 358 g/mol. The fraction of sp³-hybridized carbons (Fsp3) is 0.235. The van der Waals surface area contributed by atoms with Crippen molar-refractivity contribution in [1.82, 2.24) is 14.9 Å². The van der Waals surface area contributed by atoms with E-state index in [1.165, 1.54) is 0 Å². The number of nitrogens with zero attached hydrogens (tertiary/aromatic N) is 3. The molecule has 0 amide bonds. The Balaban J connectivity index is 1.77. The fourth-order valence-corrected chi connectivity index (χ4v) is 2.88. The molecule has 0 bridgehead atoms. The van der Waals surface area contributed by atoms with E-state index in [1.54, 1.807) is 22.2 Å². The molecule has 0 aliphatic carbocycles. The molecule has 7 heteroatoms. The van der Waals surface area contributed by atoms with E-state index in [4.69, 9.17) is 17.0 Å². The number of nitrogens with one attached hydrogen (secondary N) is 1. The lowest BCUT2D eigenvalue weighted by atomic mass is 10.2. The van der Waals surface area contributed by atoms with Gasteiger partial charge in [-0.2, -0.15) is 14.9 Å². The second-order valence-electron chi connectivity index (χ2n) is 5.66. The van der Waals surface area contributed by atoms with Crippen LogP contribution in [0.3, 0.4) is 0 Å². The maximum absolute atomic E-state index is 5.68. The first-order valence-corrected chi connectivity index (χ1v) is 8.91. The maximum atomic E-state index is 5.68. The predicted molar refractivity (Wildman–Crippen MR) is 100 cm³/mol. The predicted octanol–water partition coefficient (Wildman–Crippen LogP) is 4.59. The number of aromatic nitrogens is 3. The zero-order valence-corrected chi connectivity index (χ0v) is 15.1. The highest BCUT2D eigenvalue weighted by atomic mass is 32.1. The summed E-state index contributed by atoms with van der Waals surface area (Å²) in [6.07, 6.45) is 1.76. The largest absolute Gasteiger partial charge is 0.493 e. The smallest absolute Gasteiger partial charge is 0.216 e. The van der Waals surface area contributed by atoms with Crippen molar-refractivity contribution in [2.45, 2.75) is 13.8 Å². The third-order valence-electron chi connectivity index (χ3n) is 3.18. The van der Waals surface area contributed by atoms with Gasteiger partial charge in [0.15, 0.2) is 5.82 Å². The van der Waals surface area contributed by atoms with Crippen molar-refractivity contribution in [3.63, 3.8) is 0 Å². The molecular formula is C17H18N4OS2. The van der Waals surface area contributed by atoms with Crippen LogP contribution in [0.25, 0.3) is 10.7 Å². The Morgan fingerprint density at radius 1 is 1.33 bits per heavy atom. The molecule has 0 unspecified atom stereocenters. The van der Waals surface area contributed by atoms with Crippen LogP contribution in [-0.4, -0.2) is 27.7 Å². The van der Waals surface area contributed by atoms with E-state index in [0.717, 1.165) is 16.2 Å². The van der Waals surface area contributed by atoms with Crippen molar-refractivity contribution in [2.24, 2.45) is 11.0 Å². The lowest BCUT2D eigenvalue weighted by molar-refractivity contribution is 0.271. The molecule has 0 aliphatic rings. The number of ether oxygens (including phenoxy) is 1. The van der Waals surface area contributed by atoms with Crippen molar-refractivity contribution in [3.8, 4) is 16.5 Å². The minimum absolute atomic E-state index is 0.464. The summed E-state index contributed by atoms with van der Waals surface area (Å²) < 4.78 is 7.77. The number of hydrogen-bond acceptors (Lipinski definition) is 5. The second kappa shape index (κ2) is 7.55. The molecule has 0 saturated carbocycles. The number of aromatic amines is 1. The molecule has 1 N–H and O–H groups in total. The minimum atomic E-state index is 0.464. The molecule has 0 atom stereocenters. The van der Waals surface area contributed by atoms with Gasteiger partial charge in [-0.05, 0) is 59.4 Å². The molecule has 3 aromatic rings. The van der Waals surface area contributed by atoms with Crippen LogP contribution in [-0.2, 0) is 0 Å². The lowest BCUT2D eigenvalue weighted by Crippen LogP contribution is -2.04. The molecule has 2 aromatic heterocycles. The molecule has 2 heterocycles. The van der Waals surface area contributed by atoms with E-state index in [2.05, 4.69) is 29.1 Å². The molecule has 0 spiro atoms. The minimum Gasteiger partial charge on any atom is -0.493 e. The Bertz CT molecular complexity index is 861. The Kier molecular flexibility index (Phi) is 5.22. The van der Waals surface area contributed by atoms with E-state index in [-0.39, 0.29) is 0 Å². The number of thiophene rings is 1. The van der Waals surface area contributed by atoms with Gasteiger partial charge in [0.1, 0.15) is 5.75 Å². The molecule has 0 aliphatic heterocycles. The van der Waals surface area contributed by atoms with Crippen LogP contribution >= 0.6 is 23.6 Å². The fourth-order valence-electron chi connectivity index (χ4n) is 2.00. The van der Waals surface area contributed by atoms with Gasteiger partial charge in [0.25, 0.3) is 0 Å². The van der Waals surface area contributed by atoms with E-state index >= 15 is 0 Å². The normalized spacial score (nSPS) is 11.5. The Morgan fingerprint density at radius 2 is 2.12 bits per heavy atom. The number of H-pyrrole nitrogens is 1. The summed E-state index contributed by atoms with van der Waals surface area (Å²) in [5.74, 6) is 2.08. The first kappa shape index (κ1) is 16.6. The molecule has 24 heavy (non-hydrogen) atoms. The van der Waals surface area contributed by atoms with E-state index in [0.29, 0.717) is 23.1 Å². The standard InChI is InChI=1S/C17H18N4OS2/c1-12(2)11-22-14-7-5-13(6-8-14)10-18-21-16(19-20-17(21)23)15-4-3-9-24-15/h3-10,12H,11H2,1-2H3,(H,20,23)/b18-10-. The molecule has 3 rings (SSSR count). The molecule has 124 valence electrons. The van der Waals surface area contributed by atoms with Crippen LogP contribution in [0.5, 0.6) is 5.75 Å². The highest BCUT2D eigenvalue weighted by molar-refractivity contribution is 7.71. The number of rotatable bonds is 6. The number of benzene rings is 1. The quantitative estimate of drug-likeness (QED) is 0.518. The van der Waals surface area contributed by atoms with Crippen molar-refractivity contribution in [1.29, 1.82) is 0 Å². The van der Waals surface area contributed by atoms with Crippen molar-refractivity contribution < 1.29 is 4.74 Å². The van der Waals surface area contributed by atoms with Gasteiger partial charge in [0.05, 0.1) is 17.7 Å². The van der Waals surface area contributed by atoms with Gasteiger partial charge in [-0.1, -0.05) is 19.9 Å². The van der Waals surface area contributed by atoms with Crippen LogP contribution in [0.1, 0.15) is 19.4 Å². The summed E-state index contributed by atoms with van der Waals surface area (Å²) in [4.78, 5) is 1.01. The SMILES string of the molecule is CC(C)COc1ccc(/C=N\n2c(-c3cccs3)n[nH]c2=S)cc1. The topological polar surface area (TPSA) is 55.2 Å². The number of hydrogen-bond donors (Lipinski definition) is 1. The Hall–Kier alpha value is -2.25. The summed E-state index contributed by atoms with van der Waals surface area (Å²) in [5.41, 5.74) is 0.965. The third-order valence-corrected chi connectivity index (χ3v) is 4.31. The van der Waals surface area contributed by atoms with Crippen LogP contribution in [0.15, 0.2) is 46.9 Å². The van der Waals surface area contributed by atoms with Crippen LogP contribution < -0.4 is 4.74 Å². The van der Waals surface area contributed by atoms with Gasteiger partial charge in [0.2, 0.25) is 4.77 Å². The maximum Gasteiger partial charge on any atom is 0.216 e. The molecule has 5 nitrogen and oxygen atoms in total. The van der Waals surface area contributed by atoms with Gasteiger partial charge in [-0.3, -0.25) is 0 Å². The molecule has 1 aromatic carbocycles. The van der Waals surface area contributed by atoms with Gasteiger partial charge < -0.3 is 4.74 Å². The van der Waals surface area contributed by atoms with Crippen molar-refractivity contribution in [3.05, 3.63) is 52.1 Å². The first-order valence-electron chi connectivity index (χ1n) is 7.62. The zero-order chi connectivity index (χ0) is 16.9. The van der Waals surface area contributed by atoms with E-state index in [1.807, 2.05) is 41.8 Å². The molecule has 0 saturated heterocycles. The third kappa shape index (κ3) is 3.98. The van der Waals surface area contributed by atoms with Crippen LogP contribution in [0, 0.1) is 10.7 Å². The van der Waals surface area contributed by atoms with E-state index in [9.17, 15) is 0 Å². The van der Waals surface area contributed by atoms with Gasteiger partial charge in [-0.25, -0.2) is 5.10 Å². The van der Waals surface area contributed by atoms with Crippen molar-refractivity contribution in [2.75, 3.05) is 6.61 Å². The van der Waals surface area contributed by atoms with Gasteiger partial charge in [0, 0.05) is 0 Å². The average molecular weight is 358 g/mol. The molecular weight excluding hydrogens is 340 g/mol. The Morgan fingerprint density at radius 3 is 2.79 bits per heavy atom.